The van der Waals surface area contributed by atoms with Crippen molar-refractivity contribution in [1.82, 2.24) is 5.32 Å². The van der Waals surface area contributed by atoms with E-state index in [-0.39, 0.29) is 23.4 Å². The number of hydrogen-bond donors (Lipinski definition) is 3. The van der Waals surface area contributed by atoms with Gasteiger partial charge in [0.05, 0.1) is 16.7 Å². The molecule has 9 nitrogen and oxygen atoms in total. The van der Waals surface area contributed by atoms with Crippen LogP contribution >= 0.6 is 0 Å². The fourth-order valence-corrected chi connectivity index (χ4v) is 2.61. The number of aryl methyl sites for hydroxylation is 2. The molecular weight excluding hydrogens is 354 g/mol. The predicted octanol–water partition coefficient (Wildman–Crippen LogP) is 2.66. The molecule has 2 rings (SSSR count). The molecule has 1 aromatic carbocycles. The van der Waals surface area contributed by atoms with Crippen LogP contribution in [-0.4, -0.2) is 35.0 Å². The standard InChI is InChI=1S/C18H21N3O6/c1-11-4-5-13(14(8-11)21(25)26)19-6-3-7-20-18(24)17-12(2)10-27-15(17)9-16(22)23/h4-5,8,10,19H,3,6-7,9H2,1-2H3,(H,20,24)(H,22,23). The molecule has 0 fully saturated rings. The second kappa shape index (κ2) is 8.84. The van der Waals surface area contributed by atoms with Gasteiger partial charge in [0.15, 0.2) is 0 Å². The Bertz CT molecular complexity index is 859. The molecule has 0 aliphatic carbocycles. The lowest BCUT2D eigenvalue weighted by Crippen LogP contribution is -2.27. The molecule has 9 heteroatoms. The monoisotopic (exact) mass is 375 g/mol. The zero-order valence-corrected chi connectivity index (χ0v) is 15.1. The number of carboxylic acids is 1. The minimum absolute atomic E-state index is 0.00590. The van der Waals surface area contributed by atoms with Gasteiger partial charge in [-0.05, 0) is 31.9 Å². The van der Waals surface area contributed by atoms with Crippen LogP contribution in [0.2, 0.25) is 0 Å². The van der Waals surface area contributed by atoms with E-state index in [9.17, 15) is 19.7 Å². The number of carboxylic acid groups (broad SMARTS) is 1. The summed E-state index contributed by atoms with van der Waals surface area (Å²) in [4.78, 5) is 33.7. The Morgan fingerprint density at radius 3 is 2.67 bits per heavy atom. The number of hydrogen-bond acceptors (Lipinski definition) is 6. The lowest BCUT2D eigenvalue weighted by Gasteiger charge is -2.09. The molecule has 1 heterocycles. The van der Waals surface area contributed by atoms with Gasteiger partial charge in [-0.25, -0.2) is 0 Å². The molecule has 1 aromatic heterocycles. The van der Waals surface area contributed by atoms with Gasteiger partial charge >= 0.3 is 5.97 Å². The minimum Gasteiger partial charge on any atom is -0.481 e. The Morgan fingerprint density at radius 2 is 2.00 bits per heavy atom. The second-order valence-corrected chi connectivity index (χ2v) is 6.10. The summed E-state index contributed by atoms with van der Waals surface area (Å²) in [7, 11) is 0. The first-order valence-corrected chi connectivity index (χ1v) is 8.35. The highest BCUT2D eigenvalue weighted by atomic mass is 16.6. The van der Waals surface area contributed by atoms with E-state index >= 15 is 0 Å². The van der Waals surface area contributed by atoms with Crippen LogP contribution in [0, 0.1) is 24.0 Å². The van der Waals surface area contributed by atoms with Gasteiger partial charge in [0, 0.05) is 24.7 Å². The van der Waals surface area contributed by atoms with Crippen LogP contribution in [0.5, 0.6) is 0 Å². The van der Waals surface area contributed by atoms with Gasteiger partial charge in [0.2, 0.25) is 0 Å². The molecule has 0 unspecified atom stereocenters. The predicted molar refractivity (Wildman–Crippen MR) is 98.1 cm³/mol. The average Bonchev–Trinajstić information content (AvgIpc) is 2.95. The van der Waals surface area contributed by atoms with Crippen molar-refractivity contribution >= 4 is 23.3 Å². The summed E-state index contributed by atoms with van der Waals surface area (Å²) in [6, 6.07) is 4.93. The SMILES string of the molecule is Cc1ccc(NCCCNC(=O)c2c(C)coc2CC(=O)O)c([N+](=O)[O-])c1. The third-order valence-electron chi connectivity index (χ3n) is 3.89. The van der Waals surface area contributed by atoms with E-state index in [2.05, 4.69) is 10.6 Å². The lowest BCUT2D eigenvalue weighted by molar-refractivity contribution is -0.384. The zero-order chi connectivity index (χ0) is 20.0. The van der Waals surface area contributed by atoms with Crippen molar-refractivity contribution in [3.63, 3.8) is 0 Å². The van der Waals surface area contributed by atoms with Crippen LogP contribution in [0.1, 0.15) is 33.7 Å². The van der Waals surface area contributed by atoms with E-state index in [4.69, 9.17) is 9.52 Å². The first kappa shape index (κ1) is 20.0. The van der Waals surface area contributed by atoms with Crippen LogP contribution in [-0.2, 0) is 11.2 Å². The number of nitrogens with one attached hydrogen (secondary N) is 2. The Hall–Kier alpha value is -3.36. The largest absolute Gasteiger partial charge is 0.481 e. The summed E-state index contributed by atoms with van der Waals surface area (Å²) in [5.41, 5.74) is 2.03. The highest BCUT2D eigenvalue weighted by molar-refractivity contribution is 5.97. The molecule has 144 valence electrons. The maximum absolute atomic E-state index is 12.3. The van der Waals surface area contributed by atoms with Crippen LogP contribution in [0.15, 0.2) is 28.9 Å². The maximum Gasteiger partial charge on any atom is 0.311 e. The molecule has 0 atom stereocenters. The quantitative estimate of drug-likeness (QED) is 0.348. The van der Waals surface area contributed by atoms with E-state index in [1.807, 2.05) is 0 Å². The van der Waals surface area contributed by atoms with Crippen molar-refractivity contribution in [2.75, 3.05) is 18.4 Å². The van der Waals surface area contributed by atoms with Gasteiger partial charge in [0.25, 0.3) is 11.6 Å². The number of rotatable bonds is 9. The fraction of sp³-hybridized carbons (Fsp3) is 0.333. The van der Waals surface area contributed by atoms with Crippen molar-refractivity contribution in [1.29, 1.82) is 0 Å². The number of furan rings is 1. The van der Waals surface area contributed by atoms with Crippen LogP contribution in [0.25, 0.3) is 0 Å². The number of nitro groups is 1. The Labute approximate surface area is 155 Å². The first-order chi connectivity index (χ1) is 12.8. The van der Waals surface area contributed by atoms with Gasteiger partial charge in [-0.2, -0.15) is 0 Å². The summed E-state index contributed by atoms with van der Waals surface area (Å²) in [6.45, 7) is 4.20. The fourth-order valence-electron chi connectivity index (χ4n) is 2.61. The smallest absolute Gasteiger partial charge is 0.311 e. The number of carbonyl (C=O) groups excluding carboxylic acids is 1. The van der Waals surface area contributed by atoms with E-state index in [0.29, 0.717) is 30.8 Å². The number of anilines is 1. The summed E-state index contributed by atoms with van der Waals surface area (Å²) >= 11 is 0. The van der Waals surface area contributed by atoms with Crippen LogP contribution in [0.3, 0.4) is 0 Å². The Morgan fingerprint density at radius 1 is 1.26 bits per heavy atom. The molecule has 3 N–H and O–H groups in total. The summed E-state index contributed by atoms with van der Waals surface area (Å²) in [5.74, 6) is -1.37. The number of nitro benzene ring substituents is 1. The number of nitrogens with zero attached hydrogens (tertiary/aromatic N) is 1. The molecule has 0 spiro atoms. The summed E-state index contributed by atoms with van der Waals surface area (Å²) in [6.07, 6.45) is 1.52. The molecule has 0 aliphatic heterocycles. The topological polar surface area (TPSA) is 135 Å². The zero-order valence-electron chi connectivity index (χ0n) is 15.1. The molecule has 0 saturated heterocycles. The van der Waals surface area contributed by atoms with Gasteiger partial charge in [-0.3, -0.25) is 19.7 Å². The number of carbonyl (C=O) groups is 2. The van der Waals surface area contributed by atoms with E-state index < -0.39 is 16.8 Å². The highest BCUT2D eigenvalue weighted by Gasteiger charge is 2.20. The van der Waals surface area contributed by atoms with Crippen molar-refractivity contribution in [3.8, 4) is 0 Å². The normalized spacial score (nSPS) is 10.4. The highest BCUT2D eigenvalue weighted by Crippen LogP contribution is 2.25. The first-order valence-electron chi connectivity index (χ1n) is 8.35. The van der Waals surface area contributed by atoms with E-state index in [0.717, 1.165) is 5.56 Å². The molecule has 2 aromatic rings. The summed E-state index contributed by atoms with van der Waals surface area (Å²) in [5, 5.41) is 25.6. The maximum atomic E-state index is 12.3. The summed E-state index contributed by atoms with van der Waals surface area (Å²) < 4.78 is 5.14. The van der Waals surface area contributed by atoms with Gasteiger partial charge < -0.3 is 20.2 Å². The lowest BCUT2D eigenvalue weighted by atomic mass is 10.1. The molecule has 0 aliphatic rings. The van der Waals surface area contributed by atoms with Crippen molar-refractivity contribution in [2.45, 2.75) is 26.7 Å². The van der Waals surface area contributed by atoms with Gasteiger partial charge in [0.1, 0.15) is 17.9 Å². The van der Waals surface area contributed by atoms with Crippen molar-refractivity contribution in [3.05, 3.63) is 57.0 Å². The number of aliphatic carboxylic acids is 1. The van der Waals surface area contributed by atoms with Gasteiger partial charge in [-0.15, -0.1) is 0 Å². The molecular formula is C18H21N3O6. The Kier molecular flexibility index (Phi) is 6.53. The minimum atomic E-state index is -1.08. The van der Waals surface area contributed by atoms with Crippen molar-refractivity contribution in [2.24, 2.45) is 0 Å². The van der Waals surface area contributed by atoms with Crippen LogP contribution in [0.4, 0.5) is 11.4 Å². The Balaban J connectivity index is 1.86. The van der Waals surface area contributed by atoms with Crippen molar-refractivity contribution < 1.29 is 24.0 Å². The second-order valence-electron chi connectivity index (χ2n) is 6.10. The van der Waals surface area contributed by atoms with Gasteiger partial charge in [-0.1, -0.05) is 6.07 Å². The third-order valence-corrected chi connectivity index (χ3v) is 3.89. The molecule has 0 saturated carbocycles. The molecule has 27 heavy (non-hydrogen) atoms. The molecule has 0 radical (unpaired) electrons. The molecule has 1 amide bonds. The van der Waals surface area contributed by atoms with Crippen LogP contribution < -0.4 is 10.6 Å². The molecule has 0 bridgehead atoms. The van der Waals surface area contributed by atoms with E-state index in [1.54, 1.807) is 26.0 Å². The average molecular weight is 375 g/mol. The number of benzene rings is 1. The number of amides is 1. The van der Waals surface area contributed by atoms with E-state index in [1.165, 1.54) is 12.3 Å². The third kappa shape index (κ3) is 5.30.